The third kappa shape index (κ3) is 4.06. The molecule has 0 saturated heterocycles. The first kappa shape index (κ1) is 12.9. The van der Waals surface area contributed by atoms with Crippen LogP contribution in [0.3, 0.4) is 0 Å². The van der Waals surface area contributed by atoms with E-state index in [-0.39, 0.29) is 11.5 Å². The molecule has 7 heteroatoms. The molecule has 0 radical (unpaired) electrons. The van der Waals surface area contributed by atoms with Crippen molar-refractivity contribution in [3.63, 3.8) is 0 Å². The van der Waals surface area contributed by atoms with Crippen molar-refractivity contribution in [1.82, 2.24) is 9.97 Å². The molecule has 0 unspecified atom stereocenters. The number of rotatable bonds is 6. The second-order valence-corrected chi connectivity index (χ2v) is 3.49. The molecule has 0 spiro atoms. The molecule has 0 aliphatic heterocycles. The molecule has 1 aromatic rings. The molecule has 0 atom stereocenters. The van der Waals surface area contributed by atoms with Gasteiger partial charge in [-0.25, -0.2) is 14.8 Å². The van der Waals surface area contributed by atoms with Gasteiger partial charge in [0.05, 0.1) is 11.3 Å². The van der Waals surface area contributed by atoms with Crippen LogP contribution in [-0.2, 0) is 4.79 Å². The molecule has 1 aromatic heterocycles. The van der Waals surface area contributed by atoms with Crippen molar-refractivity contribution in [2.45, 2.75) is 19.8 Å². The zero-order valence-corrected chi connectivity index (χ0v) is 9.43. The highest BCUT2D eigenvalue weighted by Gasteiger charge is 2.09. The van der Waals surface area contributed by atoms with E-state index in [9.17, 15) is 9.59 Å². The summed E-state index contributed by atoms with van der Waals surface area (Å²) in [7, 11) is 0. The van der Waals surface area contributed by atoms with Gasteiger partial charge in [-0.2, -0.15) is 0 Å². The Bertz CT molecular complexity index is 434. The molecule has 0 fully saturated rings. The Morgan fingerprint density at radius 2 is 2.24 bits per heavy atom. The van der Waals surface area contributed by atoms with Gasteiger partial charge in [-0.15, -0.1) is 0 Å². The van der Waals surface area contributed by atoms with Crippen LogP contribution in [0, 0.1) is 6.92 Å². The first-order valence-corrected chi connectivity index (χ1v) is 5.10. The van der Waals surface area contributed by atoms with E-state index in [0.717, 1.165) is 0 Å². The first-order valence-electron chi connectivity index (χ1n) is 5.10. The third-order valence-electron chi connectivity index (χ3n) is 2.09. The van der Waals surface area contributed by atoms with Gasteiger partial charge in [0.2, 0.25) is 11.9 Å². The molecule has 92 valence electrons. The largest absolute Gasteiger partial charge is 0.478 e. The number of aromatic carboxylic acids is 1. The van der Waals surface area contributed by atoms with Crippen molar-refractivity contribution in [1.29, 1.82) is 0 Å². The molecule has 1 rings (SSSR count). The summed E-state index contributed by atoms with van der Waals surface area (Å²) in [4.78, 5) is 29.0. The molecule has 0 bridgehead atoms. The van der Waals surface area contributed by atoms with Gasteiger partial charge in [0, 0.05) is 19.2 Å². The van der Waals surface area contributed by atoms with Gasteiger partial charge in [0.25, 0.3) is 0 Å². The summed E-state index contributed by atoms with van der Waals surface area (Å²) in [6.45, 7) is 2.11. The van der Waals surface area contributed by atoms with Gasteiger partial charge in [-0.3, -0.25) is 4.79 Å². The number of primary amides is 1. The fourth-order valence-corrected chi connectivity index (χ4v) is 1.23. The van der Waals surface area contributed by atoms with Gasteiger partial charge in [0.1, 0.15) is 0 Å². The van der Waals surface area contributed by atoms with Crippen molar-refractivity contribution in [3.8, 4) is 0 Å². The summed E-state index contributed by atoms with van der Waals surface area (Å²) in [5.74, 6) is -1.06. The minimum absolute atomic E-state index is 0.0766. The van der Waals surface area contributed by atoms with Crippen LogP contribution in [0.4, 0.5) is 5.95 Å². The third-order valence-corrected chi connectivity index (χ3v) is 2.09. The van der Waals surface area contributed by atoms with E-state index < -0.39 is 5.97 Å². The summed E-state index contributed by atoms with van der Waals surface area (Å²) in [5.41, 5.74) is 5.46. The van der Waals surface area contributed by atoms with E-state index >= 15 is 0 Å². The average molecular weight is 238 g/mol. The number of carbonyl (C=O) groups excluding carboxylic acids is 1. The first-order chi connectivity index (χ1) is 8.00. The van der Waals surface area contributed by atoms with Crippen molar-refractivity contribution < 1.29 is 14.7 Å². The van der Waals surface area contributed by atoms with Crippen LogP contribution in [0.2, 0.25) is 0 Å². The second-order valence-electron chi connectivity index (χ2n) is 3.49. The monoisotopic (exact) mass is 238 g/mol. The summed E-state index contributed by atoms with van der Waals surface area (Å²) < 4.78 is 0. The molecule has 1 amide bonds. The predicted octanol–water partition coefficient (Wildman–Crippen LogP) is 0.161. The van der Waals surface area contributed by atoms with E-state index in [1.165, 1.54) is 6.20 Å². The fraction of sp³-hybridized carbons (Fsp3) is 0.400. The summed E-state index contributed by atoms with van der Waals surface area (Å²) in [5, 5.41) is 11.7. The topological polar surface area (TPSA) is 118 Å². The number of hydrogen-bond donors (Lipinski definition) is 3. The van der Waals surface area contributed by atoms with Gasteiger partial charge in [-0.05, 0) is 13.3 Å². The Labute approximate surface area is 98.1 Å². The smallest absolute Gasteiger partial charge is 0.339 e. The van der Waals surface area contributed by atoms with Crippen LogP contribution in [-0.4, -0.2) is 33.5 Å². The maximum Gasteiger partial charge on any atom is 0.339 e. The van der Waals surface area contributed by atoms with E-state index in [1.807, 2.05) is 0 Å². The van der Waals surface area contributed by atoms with E-state index in [1.54, 1.807) is 6.92 Å². The number of aromatic nitrogens is 2. The molecule has 0 saturated carbocycles. The van der Waals surface area contributed by atoms with Crippen LogP contribution >= 0.6 is 0 Å². The molecule has 0 aliphatic rings. The minimum Gasteiger partial charge on any atom is -0.478 e. The Hall–Kier alpha value is -2.18. The molecule has 1 heterocycles. The number of carbonyl (C=O) groups is 2. The van der Waals surface area contributed by atoms with Crippen LogP contribution < -0.4 is 11.1 Å². The molecule has 7 nitrogen and oxygen atoms in total. The maximum atomic E-state index is 10.7. The van der Waals surface area contributed by atoms with Crippen molar-refractivity contribution in [3.05, 3.63) is 17.5 Å². The van der Waals surface area contributed by atoms with Crippen LogP contribution in [0.5, 0.6) is 0 Å². The average Bonchev–Trinajstić information content (AvgIpc) is 2.23. The summed E-state index contributed by atoms with van der Waals surface area (Å²) in [6.07, 6.45) is 2.12. The number of nitrogens with one attached hydrogen (secondary N) is 1. The van der Waals surface area contributed by atoms with Crippen LogP contribution in [0.15, 0.2) is 6.20 Å². The van der Waals surface area contributed by atoms with Gasteiger partial charge in [-0.1, -0.05) is 0 Å². The normalized spacial score (nSPS) is 9.94. The zero-order valence-electron chi connectivity index (χ0n) is 9.43. The Morgan fingerprint density at radius 1 is 1.53 bits per heavy atom. The number of carboxylic acids is 1. The van der Waals surface area contributed by atoms with Gasteiger partial charge in [0.15, 0.2) is 0 Å². The predicted molar refractivity (Wildman–Crippen MR) is 60.6 cm³/mol. The highest BCUT2D eigenvalue weighted by atomic mass is 16.4. The standard InChI is InChI=1S/C10H14N4O3/c1-6-7(9(16)17)5-13-10(14-6)12-4-2-3-8(11)15/h5H,2-4H2,1H3,(H2,11,15)(H,16,17)(H,12,13,14). The lowest BCUT2D eigenvalue weighted by molar-refractivity contribution is -0.118. The molecule has 4 N–H and O–H groups in total. The number of nitrogens with two attached hydrogens (primary N) is 1. The molecule has 0 aliphatic carbocycles. The van der Waals surface area contributed by atoms with Crippen LogP contribution in [0.25, 0.3) is 0 Å². The Morgan fingerprint density at radius 3 is 2.76 bits per heavy atom. The number of carboxylic acid groups (broad SMARTS) is 1. The van der Waals surface area contributed by atoms with Gasteiger partial charge < -0.3 is 16.2 Å². The second kappa shape index (κ2) is 5.78. The molecular weight excluding hydrogens is 224 g/mol. The molecule has 0 aromatic carbocycles. The summed E-state index contributed by atoms with van der Waals surface area (Å²) >= 11 is 0. The fourth-order valence-electron chi connectivity index (χ4n) is 1.23. The van der Waals surface area contributed by atoms with E-state index in [2.05, 4.69) is 15.3 Å². The van der Waals surface area contributed by atoms with Gasteiger partial charge >= 0.3 is 5.97 Å². The number of aryl methyl sites for hydroxylation is 1. The molecular formula is C10H14N4O3. The quantitative estimate of drug-likeness (QED) is 0.607. The number of anilines is 1. The van der Waals surface area contributed by atoms with Crippen molar-refractivity contribution in [2.24, 2.45) is 5.73 Å². The van der Waals surface area contributed by atoms with Crippen molar-refractivity contribution in [2.75, 3.05) is 11.9 Å². The molecule has 17 heavy (non-hydrogen) atoms. The lowest BCUT2D eigenvalue weighted by atomic mass is 10.2. The number of hydrogen-bond acceptors (Lipinski definition) is 5. The minimum atomic E-state index is -1.05. The highest BCUT2D eigenvalue weighted by Crippen LogP contribution is 2.06. The Balaban J connectivity index is 2.53. The summed E-state index contributed by atoms with van der Waals surface area (Å²) in [6, 6.07) is 0. The van der Waals surface area contributed by atoms with E-state index in [4.69, 9.17) is 10.8 Å². The highest BCUT2D eigenvalue weighted by molar-refractivity contribution is 5.88. The number of nitrogens with zero attached hydrogens (tertiary/aromatic N) is 2. The van der Waals surface area contributed by atoms with Crippen LogP contribution in [0.1, 0.15) is 28.9 Å². The van der Waals surface area contributed by atoms with E-state index in [0.29, 0.717) is 31.0 Å². The zero-order chi connectivity index (χ0) is 12.8. The maximum absolute atomic E-state index is 10.7. The lowest BCUT2D eigenvalue weighted by Crippen LogP contribution is -2.14. The lowest BCUT2D eigenvalue weighted by Gasteiger charge is -2.05. The number of amides is 1. The SMILES string of the molecule is Cc1nc(NCCCC(N)=O)ncc1C(=O)O. The Kier molecular flexibility index (Phi) is 4.38. The van der Waals surface area contributed by atoms with Crippen molar-refractivity contribution >= 4 is 17.8 Å².